The van der Waals surface area contributed by atoms with Crippen LogP contribution in [0.2, 0.25) is 0 Å². The molecule has 1 atom stereocenters. The van der Waals surface area contributed by atoms with Crippen molar-refractivity contribution in [2.24, 2.45) is 0 Å². The van der Waals surface area contributed by atoms with Gasteiger partial charge < -0.3 is 10.1 Å². The second kappa shape index (κ2) is 7.34. The summed E-state index contributed by atoms with van der Waals surface area (Å²) in [6.07, 6.45) is -4.34. The van der Waals surface area contributed by atoms with Crippen LogP contribution in [0.5, 0.6) is 0 Å². The van der Waals surface area contributed by atoms with Gasteiger partial charge in [0.15, 0.2) is 0 Å². The molecule has 2 rings (SSSR count). The van der Waals surface area contributed by atoms with Gasteiger partial charge in [-0.25, -0.2) is 0 Å². The number of alkyl halides is 5. The van der Waals surface area contributed by atoms with Crippen molar-refractivity contribution in [3.05, 3.63) is 35.4 Å². The van der Waals surface area contributed by atoms with Crippen LogP contribution in [-0.4, -0.2) is 43.8 Å². The number of nitrogens with one attached hydrogen (secondary N) is 1. The maximum Gasteiger partial charge on any atom is 0.416 e. The van der Waals surface area contributed by atoms with Gasteiger partial charge in [-0.15, -0.1) is 0 Å². The molecule has 124 valence electrons. The molecule has 1 heterocycles. The molecule has 1 aliphatic rings. The molecule has 1 N–H and O–H groups in total. The molecule has 1 aromatic rings. The number of benzene rings is 1. The topological polar surface area (TPSA) is 24.5 Å². The van der Waals surface area contributed by atoms with Crippen LogP contribution in [0.1, 0.15) is 11.1 Å². The Morgan fingerprint density at radius 3 is 2.50 bits per heavy atom. The summed E-state index contributed by atoms with van der Waals surface area (Å²) in [6.45, 7) is -0.587. The summed E-state index contributed by atoms with van der Waals surface area (Å²) in [5.74, 6) is 0. The fourth-order valence-electron chi connectivity index (χ4n) is 2.40. The normalized spacial score (nSPS) is 20.5. The van der Waals surface area contributed by atoms with Gasteiger partial charge >= 0.3 is 12.8 Å². The summed E-state index contributed by atoms with van der Waals surface area (Å²) in [5, 5.41) is 3.07. The number of rotatable bonds is 5. The third-order valence-corrected chi connectivity index (χ3v) is 3.45. The molecule has 0 spiro atoms. The Labute approximate surface area is 125 Å². The summed E-state index contributed by atoms with van der Waals surface area (Å²) in [6, 6.07) is 4.77. The first kappa shape index (κ1) is 17.1. The highest BCUT2D eigenvalue weighted by molar-refractivity contribution is 5.24. The molecule has 0 amide bonds. The molecule has 3 nitrogen and oxygen atoms in total. The minimum atomic E-state index is -4.34. The van der Waals surface area contributed by atoms with Gasteiger partial charge in [0.05, 0.1) is 12.2 Å². The van der Waals surface area contributed by atoms with Crippen LogP contribution >= 0.6 is 0 Å². The molecule has 1 saturated heterocycles. The van der Waals surface area contributed by atoms with Crippen LogP contribution in [-0.2, 0) is 17.5 Å². The van der Waals surface area contributed by atoms with E-state index < -0.39 is 18.4 Å². The van der Waals surface area contributed by atoms with Crippen LogP contribution in [0, 0.1) is 0 Å². The second-order valence-corrected chi connectivity index (χ2v) is 5.17. The van der Waals surface area contributed by atoms with Gasteiger partial charge in [0.2, 0.25) is 0 Å². The maximum atomic E-state index is 12.5. The van der Waals surface area contributed by atoms with E-state index in [-0.39, 0.29) is 12.6 Å². The minimum absolute atomic E-state index is 0.0961. The molecular formula is C14H17F5N2O. The molecule has 1 aliphatic heterocycles. The lowest BCUT2D eigenvalue weighted by Crippen LogP contribution is -2.52. The quantitative estimate of drug-likeness (QED) is 0.843. The minimum Gasteiger partial charge on any atom is -0.321 e. The number of nitrogens with zero attached hydrogens (tertiary/aromatic N) is 1. The van der Waals surface area contributed by atoms with E-state index in [4.69, 9.17) is 0 Å². The third kappa shape index (κ3) is 5.19. The van der Waals surface area contributed by atoms with Crippen molar-refractivity contribution in [1.29, 1.82) is 0 Å². The van der Waals surface area contributed by atoms with Gasteiger partial charge in [-0.05, 0) is 17.7 Å². The van der Waals surface area contributed by atoms with Crippen molar-refractivity contribution in [2.75, 3.05) is 26.2 Å². The van der Waals surface area contributed by atoms with E-state index in [1.54, 1.807) is 0 Å². The highest BCUT2D eigenvalue weighted by atomic mass is 19.4. The predicted molar refractivity (Wildman–Crippen MR) is 70.5 cm³/mol. The molecule has 1 fully saturated rings. The van der Waals surface area contributed by atoms with Crippen molar-refractivity contribution in [2.45, 2.75) is 25.4 Å². The van der Waals surface area contributed by atoms with Gasteiger partial charge in [0.1, 0.15) is 0 Å². The molecule has 22 heavy (non-hydrogen) atoms. The van der Waals surface area contributed by atoms with Crippen molar-refractivity contribution in [3.8, 4) is 0 Å². The zero-order valence-corrected chi connectivity index (χ0v) is 11.7. The Hall–Kier alpha value is -1.25. The van der Waals surface area contributed by atoms with E-state index in [0.29, 0.717) is 26.2 Å². The molecule has 0 bridgehead atoms. The predicted octanol–water partition coefficient (Wildman–Crippen LogP) is 2.72. The number of hydrogen-bond acceptors (Lipinski definition) is 3. The van der Waals surface area contributed by atoms with Crippen molar-refractivity contribution in [3.63, 3.8) is 0 Å². The summed E-state index contributed by atoms with van der Waals surface area (Å²) in [5.41, 5.74) is 0.0724. The molecule has 0 saturated carbocycles. The highest BCUT2D eigenvalue weighted by Crippen LogP contribution is 2.29. The summed E-state index contributed by atoms with van der Waals surface area (Å²) >= 11 is 0. The van der Waals surface area contributed by atoms with E-state index >= 15 is 0 Å². The fraction of sp³-hybridized carbons (Fsp3) is 0.571. The number of ether oxygens (including phenoxy) is 1. The summed E-state index contributed by atoms with van der Waals surface area (Å²) in [7, 11) is 0. The number of hydrogen-bond donors (Lipinski definition) is 1. The van der Waals surface area contributed by atoms with E-state index in [0.717, 1.165) is 17.7 Å². The molecule has 0 radical (unpaired) electrons. The molecule has 0 aliphatic carbocycles. The Balaban J connectivity index is 1.87. The smallest absolute Gasteiger partial charge is 0.321 e. The first-order valence-electron chi connectivity index (χ1n) is 6.86. The SMILES string of the molecule is FC(F)OCC1CN(Cc2ccc(C(F)(F)F)cc2)CCN1. The maximum absolute atomic E-state index is 12.5. The Morgan fingerprint density at radius 1 is 1.23 bits per heavy atom. The zero-order valence-electron chi connectivity index (χ0n) is 11.7. The van der Waals surface area contributed by atoms with Gasteiger partial charge in [0, 0.05) is 32.2 Å². The average molecular weight is 324 g/mol. The number of halogens is 5. The number of piperazine rings is 1. The first-order valence-corrected chi connectivity index (χ1v) is 6.86. The summed E-state index contributed by atoms with van der Waals surface area (Å²) in [4.78, 5) is 2.00. The average Bonchev–Trinajstić information content (AvgIpc) is 2.45. The van der Waals surface area contributed by atoms with E-state index in [1.165, 1.54) is 12.1 Å². The lowest BCUT2D eigenvalue weighted by Gasteiger charge is -2.33. The van der Waals surface area contributed by atoms with E-state index in [2.05, 4.69) is 10.1 Å². The lowest BCUT2D eigenvalue weighted by molar-refractivity contribution is -0.137. The molecule has 0 aromatic heterocycles. The van der Waals surface area contributed by atoms with E-state index in [1.807, 2.05) is 4.90 Å². The fourth-order valence-corrected chi connectivity index (χ4v) is 2.40. The monoisotopic (exact) mass is 324 g/mol. The van der Waals surface area contributed by atoms with Crippen LogP contribution in [0.4, 0.5) is 22.0 Å². The van der Waals surface area contributed by atoms with Crippen LogP contribution in [0.15, 0.2) is 24.3 Å². The molecule has 8 heteroatoms. The van der Waals surface area contributed by atoms with Crippen LogP contribution in [0.25, 0.3) is 0 Å². The van der Waals surface area contributed by atoms with Crippen LogP contribution in [0.3, 0.4) is 0 Å². The van der Waals surface area contributed by atoms with Gasteiger partial charge in [0.25, 0.3) is 0 Å². The van der Waals surface area contributed by atoms with Gasteiger partial charge in [-0.1, -0.05) is 12.1 Å². The zero-order chi connectivity index (χ0) is 16.2. The van der Waals surface area contributed by atoms with Crippen LogP contribution < -0.4 is 5.32 Å². The Bertz CT molecular complexity index is 463. The van der Waals surface area contributed by atoms with Gasteiger partial charge in [-0.2, -0.15) is 22.0 Å². The second-order valence-electron chi connectivity index (χ2n) is 5.17. The van der Waals surface area contributed by atoms with E-state index in [9.17, 15) is 22.0 Å². The van der Waals surface area contributed by atoms with Gasteiger partial charge in [-0.3, -0.25) is 4.90 Å². The third-order valence-electron chi connectivity index (χ3n) is 3.45. The Kier molecular flexibility index (Phi) is 5.71. The largest absolute Gasteiger partial charge is 0.416 e. The summed E-state index contributed by atoms with van der Waals surface area (Å²) < 4.78 is 65.8. The molecular weight excluding hydrogens is 307 g/mol. The first-order chi connectivity index (χ1) is 10.3. The van der Waals surface area contributed by atoms with Crippen molar-refractivity contribution in [1.82, 2.24) is 10.2 Å². The van der Waals surface area contributed by atoms with Crippen molar-refractivity contribution >= 4 is 0 Å². The standard InChI is InChI=1S/C14H17F5N2O/c15-13(16)22-9-12-8-21(6-5-20-12)7-10-1-3-11(4-2-10)14(17,18)19/h1-4,12-13,20H,5-9H2. The van der Waals surface area contributed by atoms with Crippen molar-refractivity contribution < 1.29 is 26.7 Å². The lowest BCUT2D eigenvalue weighted by atomic mass is 10.1. The highest BCUT2D eigenvalue weighted by Gasteiger charge is 2.30. The molecule has 1 aromatic carbocycles. The Morgan fingerprint density at radius 2 is 1.91 bits per heavy atom. The molecule has 1 unspecified atom stereocenters.